The number of aromatic hydroxyl groups is 3. The summed E-state index contributed by atoms with van der Waals surface area (Å²) in [4.78, 5) is 52.6. The fraction of sp³-hybridized carbons (Fsp3) is 0.222. The summed E-state index contributed by atoms with van der Waals surface area (Å²) in [5, 5.41) is 94.1. The molecule has 4 aromatic carbocycles. The van der Waals surface area contributed by atoms with Gasteiger partial charge in [0, 0.05) is 11.8 Å². The fourth-order valence-corrected chi connectivity index (χ4v) is 7.34. The van der Waals surface area contributed by atoms with Crippen molar-refractivity contribution in [3.63, 3.8) is 0 Å². The third-order valence-corrected chi connectivity index (χ3v) is 9.60. The second-order valence-electron chi connectivity index (χ2n) is 12.4. The van der Waals surface area contributed by atoms with Crippen molar-refractivity contribution in [1.29, 1.82) is 0 Å². The lowest BCUT2D eigenvalue weighted by atomic mass is 9.63. The van der Waals surface area contributed by atoms with Crippen molar-refractivity contribution in [1.82, 2.24) is 0 Å². The van der Waals surface area contributed by atoms with Gasteiger partial charge in [0.25, 0.3) is 0 Å². The van der Waals surface area contributed by atoms with Gasteiger partial charge in [-0.1, -0.05) is 24.3 Å². The van der Waals surface area contributed by atoms with Gasteiger partial charge >= 0.3 is 11.9 Å². The molecule has 9 N–H and O–H groups in total. The minimum Gasteiger partial charge on any atom is -0.507 e. The van der Waals surface area contributed by atoms with Crippen molar-refractivity contribution >= 4 is 23.5 Å². The first-order valence-corrected chi connectivity index (χ1v) is 15.5. The van der Waals surface area contributed by atoms with Gasteiger partial charge in [-0.3, -0.25) is 9.59 Å². The fourth-order valence-electron chi connectivity index (χ4n) is 7.34. The maximum absolute atomic E-state index is 14.4. The second kappa shape index (κ2) is 12.2. The number of fused-ring (bicyclic) bond motifs is 4. The predicted molar refractivity (Wildman–Crippen MR) is 170 cm³/mol. The molecule has 0 spiro atoms. The number of rotatable bonds is 6. The predicted octanol–water partition coefficient (Wildman–Crippen LogP) is 1.43. The van der Waals surface area contributed by atoms with E-state index < -0.39 is 101 Å². The Morgan fingerprint density at radius 1 is 0.627 bits per heavy atom. The number of aliphatic hydroxyl groups excluding tert-OH is 4. The van der Waals surface area contributed by atoms with Crippen LogP contribution in [0.15, 0.2) is 60.7 Å². The molecule has 15 heteroatoms. The Labute approximate surface area is 286 Å². The molecule has 0 bridgehead atoms. The average molecular weight is 701 g/mol. The van der Waals surface area contributed by atoms with Gasteiger partial charge in [0.2, 0.25) is 17.9 Å². The first-order chi connectivity index (χ1) is 24.2. The van der Waals surface area contributed by atoms with Crippen LogP contribution in [-0.4, -0.2) is 107 Å². The van der Waals surface area contributed by atoms with Crippen LogP contribution in [0.4, 0.5) is 0 Å². The molecule has 0 amide bonds. The van der Waals surface area contributed by atoms with Crippen molar-refractivity contribution < 1.29 is 74.6 Å². The van der Waals surface area contributed by atoms with E-state index in [9.17, 15) is 65.1 Å². The van der Waals surface area contributed by atoms with E-state index in [0.29, 0.717) is 0 Å². The monoisotopic (exact) mass is 700 g/mol. The highest BCUT2D eigenvalue weighted by atomic mass is 16.7. The van der Waals surface area contributed by atoms with Crippen LogP contribution in [0.2, 0.25) is 0 Å². The lowest BCUT2D eigenvalue weighted by Gasteiger charge is -2.41. The number of carboxylic acid groups (broad SMARTS) is 2. The van der Waals surface area contributed by atoms with Crippen LogP contribution in [0.5, 0.6) is 23.0 Å². The van der Waals surface area contributed by atoms with Gasteiger partial charge in [-0.05, 0) is 58.7 Å². The van der Waals surface area contributed by atoms with Crippen molar-refractivity contribution in [2.24, 2.45) is 0 Å². The summed E-state index contributed by atoms with van der Waals surface area (Å²) in [5.74, 6) is -9.35. The topological polar surface area (TPSA) is 269 Å². The highest BCUT2D eigenvalue weighted by Crippen LogP contribution is 2.56. The standard InChI is InChI=1S/C36H28O15/c37-11-22-29(41)32(44)33(45)36(51-22)50-21-6-2-4-15-24(17-8-13(35(48)49)10-20(40)27(17)31(43)28(15)21)23-14-3-1-5-18(38)25(14)30(42)26-16(23)7-12(34(46)47)9-19(26)39/h1-10,22-24,29,32-33,36-41,44-45H,11H2,(H,46,47)(H,48,49)/t22-,23+,24-,29+,32+,33+,36-/m0/s1. The SMILES string of the molecule is O=C(O)c1cc(O)c2c(c1)[C@H]([C@@H]1c3cc(C(=O)O)cc(O)c3C(=O)c3c(O[C@H]4O[C@@H](CO)[C@@H](O)[C@@H](O)[C@H]4O)cccc31)c1cccc(O)c1C2=O. The van der Waals surface area contributed by atoms with Gasteiger partial charge in [0.15, 0.2) is 0 Å². The zero-order valence-electron chi connectivity index (χ0n) is 26.0. The number of carbonyl (C=O) groups is 4. The van der Waals surface area contributed by atoms with Gasteiger partial charge in [-0.25, -0.2) is 9.59 Å². The summed E-state index contributed by atoms with van der Waals surface area (Å²) >= 11 is 0. The first-order valence-electron chi connectivity index (χ1n) is 15.5. The number of benzene rings is 4. The number of carboxylic acids is 2. The third kappa shape index (κ3) is 5.09. The van der Waals surface area contributed by atoms with Gasteiger partial charge in [0.1, 0.15) is 47.4 Å². The molecule has 0 radical (unpaired) electrons. The third-order valence-electron chi connectivity index (χ3n) is 9.60. The zero-order valence-corrected chi connectivity index (χ0v) is 26.0. The molecule has 7 atom stereocenters. The van der Waals surface area contributed by atoms with Crippen LogP contribution in [0.25, 0.3) is 0 Å². The minimum absolute atomic E-state index is 0.0489. The zero-order chi connectivity index (χ0) is 36.6. The summed E-state index contributed by atoms with van der Waals surface area (Å²) in [6, 6.07) is 12.3. The van der Waals surface area contributed by atoms with E-state index in [2.05, 4.69) is 0 Å². The Morgan fingerprint density at radius 2 is 1.12 bits per heavy atom. The van der Waals surface area contributed by atoms with Crippen molar-refractivity contribution in [3.05, 3.63) is 116 Å². The van der Waals surface area contributed by atoms with Crippen molar-refractivity contribution in [3.8, 4) is 23.0 Å². The minimum atomic E-state index is -1.88. The number of ketones is 2. The van der Waals surface area contributed by atoms with Gasteiger partial charge < -0.3 is 55.4 Å². The molecular weight excluding hydrogens is 672 g/mol. The van der Waals surface area contributed by atoms with Crippen LogP contribution < -0.4 is 4.74 Å². The molecule has 0 aromatic heterocycles. The van der Waals surface area contributed by atoms with E-state index in [0.717, 1.165) is 24.3 Å². The number of aromatic carboxylic acids is 2. The number of aliphatic hydroxyl groups is 4. The summed E-state index contributed by atoms with van der Waals surface area (Å²) < 4.78 is 11.4. The summed E-state index contributed by atoms with van der Waals surface area (Å²) in [5.41, 5.74) is -1.98. The molecule has 0 saturated carbocycles. The van der Waals surface area contributed by atoms with Crippen LogP contribution in [-0.2, 0) is 4.74 Å². The number of phenolic OH excluding ortho intramolecular Hbond substituents is 3. The van der Waals surface area contributed by atoms with Crippen LogP contribution in [0.3, 0.4) is 0 Å². The molecule has 1 aliphatic heterocycles. The lowest BCUT2D eigenvalue weighted by Crippen LogP contribution is -2.60. The molecule has 3 aliphatic rings. The van der Waals surface area contributed by atoms with Gasteiger partial charge in [-0.2, -0.15) is 0 Å². The number of hydrogen-bond donors (Lipinski definition) is 9. The maximum atomic E-state index is 14.4. The van der Waals surface area contributed by atoms with Crippen LogP contribution >= 0.6 is 0 Å². The Balaban J connectivity index is 1.52. The number of phenols is 3. The number of hydrogen-bond acceptors (Lipinski definition) is 13. The molecule has 7 rings (SSSR count). The van der Waals surface area contributed by atoms with Crippen molar-refractivity contribution in [2.75, 3.05) is 6.61 Å². The van der Waals surface area contributed by atoms with Crippen molar-refractivity contribution in [2.45, 2.75) is 42.5 Å². The largest absolute Gasteiger partial charge is 0.507 e. The molecule has 1 saturated heterocycles. The lowest BCUT2D eigenvalue weighted by molar-refractivity contribution is -0.277. The molecule has 1 heterocycles. The summed E-state index contributed by atoms with van der Waals surface area (Å²) in [7, 11) is 0. The van der Waals surface area contributed by atoms with E-state index in [1.807, 2.05) is 0 Å². The molecule has 0 unspecified atom stereocenters. The highest BCUT2D eigenvalue weighted by molar-refractivity contribution is 6.18. The summed E-state index contributed by atoms with van der Waals surface area (Å²) in [6.45, 7) is -0.775. The first kappa shape index (κ1) is 33.6. The van der Waals surface area contributed by atoms with E-state index >= 15 is 0 Å². The smallest absolute Gasteiger partial charge is 0.335 e. The molecule has 262 valence electrons. The van der Waals surface area contributed by atoms with E-state index in [1.54, 1.807) is 0 Å². The van der Waals surface area contributed by atoms with Crippen LogP contribution in [0.1, 0.15) is 86.6 Å². The molecule has 15 nitrogen and oxygen atoms in total. The molecule has 2 aliphatic carbocycles. The number of ether oxygens (including phenoxy) is 2. The van der Waals surface area contributed by atoms with Crippen LogP contribution in [0, 0.1) is 0 Å². The summed E-state index contributed by atoms with van der Waals surface area (Å²) in [6.07, 6.45) is -8.55. The molecule has 4 aromatic rings. The molecule has 1 fully saturated rings. The Kier molecular flexibility index (Phi) is 8.04. The molecule has 51 heavy (non-hydrogen) atoms. The van der Waals surface area contributed by atoms with E-state index in [1.165, 1.54) is 36.4 Å². The van der Waals surface area contributed by atoms with E-state index in [-0.39, 0.29) is 50.3 Å². The Bertz CT molecular complexity index is 2170. The van der Waals surface area contributed by atoms with Gasteiger partial charge in [0.05, 0.1) is 40.0 Å². The maximum Gasteiger partial charge on any atom is 0.335 e. The average Bonchev–Trinajstić information content (AvgIpc) is 3.08. The van der Waals surface area contributed by atoms with Gasteiger partial charge in [-0.15, -0.1) is 0 Å². The highest BCUT2D eigenvalue weighted by Gasteiger charge is 2.48. The number of carbonyl (C=O) groups excluding carboxylic acids is 2. The molecular formula is C36H28O15. The normalized spacial score (nSPS) is 24.9. The van der Waals surface area contributed by atoms with E-state index in [4.69, 9.17) is 9.47 Å². The quantitative estimate of drug-likeness (QED) is 0.138. The Morgan fingerprint density at radius 3 is 1.65 bits per heavy atom. The second-order valence-corrected chi connectivity index (χ2v) is 12.4. The Hall–Kier alpha value is -5.84.